The molecule has 2 N–H and O–H groups in total. The minimum atomic E-state index is -0.914. The van der Waals surface area contributed by atoms with Crippen LogP contribution in [0.4, 0.5) is 0 Å². The summed E-state index contributed by atoms with van der Waals surface area (Å²) < 4.78 is 1.88. The van der Waals surface area contributed by atoms with Crippen molar-refractivity contribution in [1.82, 2.24) is 19.7 Å². The monoisotopic (exact) mass is 588 g/mol. The standard InChI is InChI=1S/C36H36N4O4/c1-38-23-30(29-14-8-9-15-32(29)38)35(43)40-22-28(41)20-33(40)34(42)37-31(36(44)39(2)21-24-10-4-3-5-11-24)19-25-16-17-26-12-6-7-13-27(26)18-25/h3-18,23,28,31,33,41H,19-22H2,1-2H3,(H,37,42)/t28-,31+,33?/m1/s1. The first-order valence-corrected chi connectivity index (χ1v) is 14.9. The smallest absolute Gasteiger partial charge is 0.256 e. The first-order valence-electron chi connectivity index (χ1n) is 14.9. The van der Waals surface area contributed by atoms with Gasteiger partial charge in [0.15, 0.2) is 0 Å². The van der Waals surface area contributed by atoms with Crippen LogP contribution in [0.25, 0.3) is 21.7 Å². The second-order valence-electron chi connectivity index (χ2n) is 11.7. The van der Waals surface area contributed by atoms with Crippen molar-refractivity contribution in [3.05, 3.63) is 120 Å². The third-order valence-corrected chi connectivity index (χ3v) is 8.48. The Kier molecular flexibility index (Phi) is 8.17. The molecule has 1 aromatic heterocycles. The summed E-state index contributed by atoms with van der Waals surface area (Å²) in [4.78, 5) is 44.7. The molecule has 44 heavy (non-hydrogen) atoms. The van der Waals surface area contributed by atoms with Gasteiger partial charge in [-0.3, -0.25) is 14.4 Å². The number of aliphatic hydroxyl groups is 1. The zero-order valence-corrected chi connectivity index (χ0v) is 24.9. The largest absolute Gasteiger partial charge is 0.391 e. The van der Waals surface area contributed by atoms with Gasteiger partial charge >= 0.3 is 0 Å². The lowest BCUT2D eigenvalue weighted by molar-refractivity contribution is -0.136. The molecule has 0 aliphatic carbocycles. The number of benzene rings is 4. The zero-order valence-electron chi connectivity index (χ0n) is 24.9. The molecule has 224 valence electrons. The van der Waals surface area contributed by atoms with Gasteiger partial charge in [0.2, 0.25) is 11.8 Å². The van der Waals surface area contributed by atoms with E-state index in [1.807, 2.05) is 109 Å². The first-order chi connectivity index (χ1) is 21.3. The summed E-state index contributed by atoms with van der Waals surface area (Å²) in [5, 5.41) is 16.5. The van der Waals surface area contributed by atoms with Crippen molar-refractivity contribution in [2.75, 3.05) is 13.6 Å². The predicted octanol–water partition coefficient (Wildman–Crippen LogP) is 4.29. The quantitative estimate of drug-likeness (QED) is 0.283. The number of β-amino-alcohol motifs (C(OH)–C–C–N with tert-alkyl or cyclic N) is 1. The van der Waals surface area contributed by atoms with E-state index in [9.17, 15) is 19.5 Å². The topological polar surface area (TPSA) is 94.9 Å². The number of rotatable bonds is 8. The van der Waals surface area contributed by atoms with E-state index in [4.69, 9.17) is 0 Å². The molecule has 1 saturated heterocycles. The molecule has 2 heterocycles. The average Bonchev–Trinajstić information content (AvgIpc) is 3.60. The number of carbonyl (C=O) groups is 3. The molecule has 1 aliphatic heterocycles. The maximum atomic E-state index is 13.9. The molecule has 0 bridgehead atoms. The molecule has 1 unspecified atom stereocenters. The predicted molar refractivity (Wildman–Crippen MR) is 171 cm³/mol. The first kappa shape index (κ1) is 29.1. The van der Waals surface area contributed by atoms with Crippen LogP contribution in [0.15, 0.2) is 103 Å². The highest BCUT2D eigenvalue weighted by Gasteiger charge is 2.41. The van der Waals surface area contributed by atoms with E-state index in [-0.39, 0.29) is 31.2 Å². The van der Waals surface area contributed by atoms with Gasteiger partial charge in [-0.05, 0) is 28.0 Å². The Balaban J connectivity index is 1.26. The van der Waals surface area contributed by atoms with Crippen LogP contribution in [-0.4, -0.2) is 69.0 Å². The number of nitrogens with zero attached hydrogens (tertiary/aromatic N) is 3. The normalized spacial score (nSPS) is 17.1. The summed E-state index contributed by atoms with van der Waals surface area (Å²) in [7, 11) is 3.60. The van der Waals surface area contributed by atoms with Crippen LogP contribution in [0.3, 0.4) is 0 Å². The Labute approximate surface area is 256 Å². The molecule has 1 aliphatic rings. The number of aryl methyl sites for hydroxylation is 1. The molecule has 0 saturated carbocycles. The van der Waals surface area contributed by atoms with Crippen molar-refractivity contribution in [2.24, 2.45) is 7.05 Å². The van der Waals surface area contributed by atoms with Gasteiger partial charge in [-0.1, -0.05) is 91.0 Å². The second kappa shape index (κ2) is 12.3. The molecule has 1 fully saturated rings. The van der Waals surface area contributed by atoms with E-state index >= 15 is 0 Å². The zero-order chi connectivity index (χ0) is 30.8. The van der Waals surface area contributed by atoms with Gasteiger partial charge in [0, 0.05) is 57.1 Å². The van der Waals surface area contributed by atoms with Crippen LogP contribution < -0.4 is 5.32 Å². The van der Waals surface area contributed by atoms with Gasteiger partial charge in [-0.15, -0.1) is 0 Å². The Hall–Kier alpha value is -4.95. The fourth-order valence-corrected chi connectivity index (χ4v) is 6.22. The molecule has 0 spiro atoms. The van der Waals surface area contributed by atoms with Gasteiger partial charge in [0.05, 0.1) is 11.7 Å². The fraction of sp³-hybridized carbons (Fsp3) is 0.250. The number of aromatic nitrogens is 1. The van der Waals surface area contributed by atoms with Crippen molar-refractivity contribution in [3.63, 3.8) is 0 Å². The maximum absolute atomic E-state index is 13.9. The van der Waals surface area contributed by atoms with Crippen LogP contribution >= 0.6 is 0 Å². The lowest BCUT2D eigenvalue weighted by Crippen LogP contribution is -2.54. The van der Waals surface area contributed by atoms with E-state index in [0.29, 0.717) is 12.1 Å². The number of hydrogen-bond acceptors (Lipinski definition) is 4. The summed E-state index contributed by atoms with van der Waals surface area (Å²) in [5.74, 6) is -1.01. The molecular formula is C36H36N4O4. The van der Waals surface area contributed by atoms with Gasteiger partial charge in [0.25, 0.3) is 5.91 Å². The van der Waals surface area contributed by atoms with Gasteiger partial charge in [0.1, 0.15) is 12.1 Å². The van der Waals surface area contributed by atoms with Crippen molar-refractivity contribution >= 4 is 39.4 Å². The fourth-order valence-electron chi connectivity index (χ4n) is 6.22. The van der Waals surface area contributed by atoms with Gasteiger partial charge in [-0.25, -0.2) is 0 Å². The molecule has 8 heteroatoms. The van der Waals surface area contributed by atoms with Crippen LogP contribution in [0.1, 0.15) is 27.9 Å². The van der Waals surface area contributed by atoms with Gasteiger partial charge < -0.3 is 24.8 Å². The highest BCUT2D eigenvalue weighted by atomic mass is 16.3. The van der Waals surface area contributed by atoms with Crippen LogP contribution in [0.5, 0.6) is 0 Å². The lowest BCUT2D eigenvalue weighted by atomic mass is 10.00. The Morgan fingerprint density at radius 2 is 1.61 bits per heavy atom. The summed E-state index contributed by atoms with van der Waals surface area (Å²) >= 11 is 0. The van der Waals surface area contributed by atoms with E-state index < -0.39 is 24.1 Å². The van der Waals surface area contributed by atoms with Gasteiger partial charge in [-0.2, -0.15) is 0 Å². The summed E-state index contributed by atoms with van der Waals surface area (Å²) in [6.45, 7) is 0.426. The number of carbonyl (C=O) groups excluding carboxylic acids is 3. The van der Waals surface area contributed by atoms with E-state index in [1.54, 1.807) is 18.1 Å². The number of amides is 3. The summed E-state index contributed by atoms with van der Waals surface area (Å²) in [6.07, 6.45) is 1.29. The highest BCUT2D eigenvalue weighted by Crippen LogP contribution is 2.27. The van der Waals surface area contributed by atoms with E-state index in [0.717, 1.165) is 32.8 Å². The number of nitrogens with one attached hydrogen (secondary N) is 1. The van der Waals surface area contributed by atoms with E-state index in [2.05, 4.69) is 5.32 Å². The van der Waals surface area contributed by atoms with E-state index in [1.165, 1.54) is 4.90 Å². The number of fused-ring (bicyclic) bond motifs is 2. The third-order valence-electron chi connectivity index (χ3n) is 8.48. The summed E-state index contributed by atoms with van der Waals surface area (Å²) in [6, 6.07) is 29.5. The number of likely N-dealkylation sites (tertiary alicyclic amines) is 1. The molecule has 0 radical (unpaired) electrons. The number of para-hydroxylation sites is 1. The third kappa shape index (κ3) is 5.94. The summed E-state index contributed by atoms with van der Waals surface area (Å²) in [5.41, 5.74) is 3.26. The average molecular weight is 589 g/mol. The molecule has 5 aromatic rings. The molecule has 3 atom stereocenters. The Morgan fingerprint density at radius 1 is 0.909 bits per heavy atom. The minimum Gasteiger partial charge on any atom is -0.391 e. The molecule has 4 aromatic carbocycles. The SMILES string of the molecule is CN(Cc1ccccc1)C(=O)[C@H](Cc1ccc2ccccc2c1)NC(=O)C1C[C@@H](O)CN1C(=O)c1cn(C)c2ccccc12. The maximum Gasteiger partial charge on any atom is 0.256 e. The van der Waals surface area contributed by atoms with Crippen molar-refractivity contribution in [1.29, 1.82) is 0 Å². The van der Waals surface area contributed by atoms with Crippen LogP contribution in [-0.2, 0) is 29.6 Å². The van der Waals surface area contributed by atoms with Crippen LogP contribution in [0, 0.1) is 0 Å². The van der Waals surface area contributed by atoms with Crippen molar-refractivity contribution in [2.45, 2.75) is 37.6 Å². The Bertz CT molecular complexity index is 1830. The van der Waals surface area contributed by atoms with Crippen molar-refractivity contribution in [3.8, 4) is 0 Å². The minimum absolute atomic E-state index is 0.0390. The molecule has 3 amide bonds. The number of aliphatic hydroxyl groups excluding tert-OH is 1. The van der Waals surface area contributed by atoms with Crippen molar-refractivity contribution < 1.29 is 19.5 Å². The highest BCUT2D eigenvalue weighted by molar-refractivity contribution is 6.08. The second-order valence-corrected chi connectivity index (χ2v) is 11.7. The lowest BCUT2D eigenvalue weighted by Gasteiger charge is -2.28. The molecular weight excluding hydrogens is 552 g/mol. The molecule has 8 nitrogen and oxygen atoms in total. The number of likely N-dealkylation sites (N-methyl/N-ethyl adjacent to an activating group) is 1. The molecule has 6 rings (SSSR count). The van der Waals surface area contributed by atoms with Crippen LogP contribution in [0.2, 0.25) is 0 Å². The number of hydrogen-bond donors (Lipinski definition) is 2. The Morgan fingerprint density at radius 3 is 2.41 bits per heavy atom.